The van der Waals surface area contributed by atoms with Crippen molar-refractivity contribution < 1.29 is 9.52 Å². The molecule has 1 aliphatic rings. The van der Waals surface area contributed by atoms with E-state index in [2.05, 4.69) is 13.8 Å². The maximum absolute atomic E-state index is 11.1. The molecule has 0 amide bonds. The van der Waals surface area contributed by atoms with Gasteiger partial charge in [-0.05, 0) is 24.3 Å². The zero-order valence-corrected chi connectivity index (χ0v) is 12.6. The molecular formula is C15H17ClO2S. The fourth-order valence-electron chi connectivity index (χ4n) is 2.59. The number of hydrogen-bond donors (Lipinski definition) is 1. The summed E-state index contributed by atoms with van der Waals surface area (Å²) in [6.45, 7) is 4.20. The van der Waals surface area contributed by atoms with Crippen LogP contribution >= 0.6 is 23.4 Å². The molecular weight excluding hydrogens is 280 g/mol. The number of rotatable bonds is 1. The van der Waals surface area contributed by atoms with Crippen LogP contribution in [0.15, 0.2) is 28.7 Å². The van der Waals surface area contributed by atoms with Crippen LogP contribution in [0.3, 0.4) is 0 Å². The van der Waals surface area contributed by atoms with Crippen molar-refractivity contribution in [3.8, 4) is 0 Å². The Morgan fingerprint density at radius 3 is 2.84 bits per heavy atom. The van der Waals surface area contributed by atoms with E-state index in [0.29, 0.717) is 22.1 Å². The molecule has 2 nitrogen and oxygen atoms in total. The Kier molecular flexibility index (Phi) is 3.12. The molecule has 1 saturated heterocycles. The highest BCUT2D eigenvalue weighted by molar-refractivity contribution is 7.99. The first-order chi connectivity index (χ1) is 8.94. The van der Waals surface area contributed by atoms with E-state index in [4.69, 9.17) is 16.0 Å². The zero-order valence-electron chi connectivity index (χ0n) is 11.1. The van der Waals surface area contributed by atoms with Crippen LogP contribution in [0.4, 0.5) is 0 Å². The van der Waals surface area contributed by atoms with Crippen molar-refractivity contribution in [1.29, 1.82) is 0 Å². The van der Waals surface area contributed by atoms with Crippen LogP contribution in [-0.4, -0.2) is 16.6 Å². The molecule has 2 aromatic rings. The summed E-state index contributed by atoms with van der Waals surface area (Å²) in [7, 11) is 0. The maximum atomic E-state index is 11.1. The normalized spacial score (nSPS) is 26.7. The molecule has 1 aliphatic heterocycles. The second-order valence-corrected chi connectivity index (χ2v) is 7.33. The fourth-order valence-corrected chi connectivity index (χ4v) is 4.43. The van der Waals surface area contributed by atoms with Crippen LogP contribution < -0.4 is 0 Å². The monoisotopic (exact) mass is 296 g/mol. The first kappa shape index (κ1) is 13.3. The van der Waals surface area contributed by atoms with Gasteiger partial charge >= 0.3 is 0 Å². The molecule has 1 fully saturated rings. The predicted octanol–water partition coefficient (Wildman–Crippen LogP) is 4.44. The Bertz CT molecular complexity index is 620. The van der Waals surface area contributed by atoms with Crippen LogP contribution in [0.5, 0.6) is 0 Å². The topological polar surface area (TPSA) is 33.4 Å². The molecule has 0 bridgehead atoms. The van der Waals surface area contributed by atoms with E-state index in [1.807, 2.05) is 24.3 Å². The number of thioether (sulfide) groups is 1. The lowest BCUT2D eigenvalue weighted by atomic mass is 9.72. The molecule has 2 heterocycles. The van der Waals surface area contributed by atoms with Crippen LogP contribution in [0.2, 0.25) is 5.02 Å². The molecule has 0 saturated carbocycles. The Hall–Kier alpha value is -0.640. The Morgan fingerprint density at radius 2 is 2.16 bits per heavy atom. The highest BCUT2D eigenvalue weighted by Gasteiger charge is 2.49. The van der Waals surface area contributed by atoms with Gasteiger partial charge in [0.15, 0.2) is 5.58 Å². The molecule has 19 heavy (non-hydrogen) atoms. The second kappa shape index (κ2) is 4.44. The van der Waals surface area contributed by atoms with E-state index in [0.717, 1.165) is 17.6 Å². The fraction of sp³-hybridized carbons (Fsp3) is 0.467. The average Bonchev–Trinajstić information content (AvgIpc) is 2.79. The third kappa shape index (κ3) is 1.99. The van der Waals surface area contributed by atoms with E-state index < -0.39 is 5.60 Å². The summed E-state index contributed by atoms with van der Waals surface area (Å²) in [4.78, 5) is 0. The molecule has 1 aromatic heterocycles. The summed E-state index contributed by atoms with van der Waals surface area (Å²) < 4.78 is 5.88. The molecule has 1 aromatic carbocycles. The third-order valence-corrected chi connectivity index (χ3v) is 5.62. The standard InChI is InChI=1S/C15H17ClO2S/c1-14(2)6-7-19-9-15(14,17)12-8-10-4-3-5-11(16)13(10)18-12/h3-5,8,17H,6-7,9H2,1-2H3. The van der Waals surface area contributed by atoms with Gasteiger partial charge in [0.1, 0.15) is 11.4 Å². The summed E-state index contributed by atoms with van der Waals surface area (Å²) in [6.07, 6.45) is 0.971. The average molecular weight is 297 g/mol. The molecule has 1 unspecified atom stereocenters. The Balaban J connectivity index is 2.15. The summed E-state index contributed by atoms with van der Waals surface area (Å²) in [5.74, 6) is 2.38. The lowest BCUT2D eigenvalue weighted by Gasteiger charge is -2.44. The van der Waals surface area contributed by atoms with Gasteiger partial charge in [0.25, 0.3) is 0 Å². The molecule has 0 radical (unpaired) electrons. The zero-order chi connectivity index (χ0) is 13.7. The third-order valence-electron chi connectivity index (χ3n) is 4.21. The van der Waals surface area contributed by atoms with Gasteiger partial charge in [-0.1, -0.05) is 37.6 Å². The number of hydrogen-bond acceptors (Lipinski definition) is 3. The van der Waals surface area contributed by atoms with Crippen molar-refractivity contribution in [2.24, 2.45) is 5.41 Å². The maximum Gasteiger partial charge on any atom is 0.153 e. The molecule has 102 valence electrons. The van der Waals surface area contributed by atoms with Gasteiger partial charge in [0.2, 0.25) is 0 Å². The molecule has 0 aliphatic carbocycles. The van der Waals surface area contributed by atoms with Crippen molar-refractivity contribution in [3.63, 3.8) is 0 Å². The van der Waals surface area contributed by atoms with E-state index in [1.165, 1.54) is 0 Å². The minimum Gasteiger partial charge on any atom is -0.456 e. The minimum atomic E-state index is -0.932. The lowest BCUT2D eigenvalue weighted by Crippen LogP contribution is -2.47. The van der Waals surface area contributed by atoms with Crippen LogP contribution in [0.25, 0.3) is 11.0 Å². The van der Waals surface area contributed by atoms with Crippen molar-refractivity contribution in [1.82, 2.24) is 0 Å². The van der Waals surface area contributed by atoms with Crippen molar-refractivity contribution in [3.05, 3.63) is 35.0 Å². The summed E-state index contributed by atoms with van der Waals surface area (Å²) in [5, 5.41) is 12.6. The van der Waals surface area contributed by atoms with Gasteiger partial charge < -0.3 is 9.52 Å². The number of fused-ring (bicyclic) bond motifs is 1. The Labute approximate surface area is 122 Å². The van der Waals surface area contributed by atoms with Crippen LogP contribution in [0, 0.1) is 5.41 Å². The second-order valence-electron chi connectivity index (χ2n) is 5.82. The Morgan fingerprint density at radius 1 is 1.37 bits per heavy atom. The van der Waals surface area contributed by atoms with E-state index in [1.54, 1.807) is 11.8 Å². The molecule has 3 rings (SSSR count). The van der Waals surface area contributed by atoms with E-state index in [-0.39, 0.29) is 5.41 Å². The minimum absolute atomic E-state index is 0.196. The number of para-hydroxylation sites is 1. The van der Waals surface area contributed by atoms with Crippen LogP contribution in [-0.2, 0) is 5.60 Å². The van der Waals surface area contributed by atoms with Gasteiger partial charge in [0.05, 0.1) is 5.02 Å². The summed E-state index contributed by atoms with van der Waals surface area (Å²) in [5.41, 5.74) is -0.462. The highest BCUT2D eigenvalue weighted by atomic mass is 35.5. The molecule has 0 spiro atoms. The smallest absolute Gasteiger partial charge is 0.153 e. The van der Waals surface area contributed by atoms with Crippen molar-refractivity contribution in [2.45, 2.75) is 25.9 Å². The first-order valence-corrected chi connectivity index (χ1v) is 7.96. The molecule has 1 atom stereocenters. The van der Waals surface area contributed by atoms with Crippen LogP contribution in [0.1, 0.15) is 26.0 Å². The van der Waals surface area contributed by atoms with Crippen molar-refractivity contribution in [2.75, 3.05) is 11.5 Å². The SMILES string of the molecule is CC1(C)CCSCC1(O)c1cc2cccc(Cl)c2o1. The highest BCUT2D eigenvalue weighted by Crippen LogP contribution is 2.49. The van der Waals surface area contributed by atoms with Gasteiger partial charge in [-0.2, -0.15) is 11.8 Å². The van der Waals surface area contributed by atoms with Crippen molar-refractivity contribution >= 4 is 34.3 Å². The largest absolute Gasteiger partial charge is 0.456 e. The number of furan rings is 1. The number of benzene rings is 1. The predicted molar refractivity (Wildman–Crippen MR) is 80.8 cm³/mol. The van der Waals surface area contributed by atoms with E-state index in [9.17, 15) is 5.11 Å². The van der Waals surface area contributed by atoms with E-state index >= 15 is 0 Å². The number of halogens is 1. The van der Waals surface area contributed by atoms with Gasteiger partial charge in [0, 0.05) is 16.6 Å². The first-order valence-electron chi connectivity index (χ1n) is 6.43. The summed E-state index contributed by atoms with van der Waals surface area (Å²) in [6, 6.07) is 7.59. The number of aliphatic hydroxyl groups is 1. The summed E-state index contributed by atoms with van der Waals surface area (Å²) >= 11 is 7.92. The van der Waals surface area contributed by atoms with Gasteiger partial charge in [-0.25, -0.2) is 0 Å². The lowest BCUT2D eigenvalue weighted by molar-refractivity contribution is -0.0727. The molecule has 1 N–H and O–H groups in total. The molecule has 4 heteroatoms. The quantitative estimate of drug-likeness (QED) is 0.845. The van der Waals surface area contributed by atoms with Gasteiger partial charge in [-0.3, -0.25) is 0 Å². The van der Waals surface area contributed by atoms with Gasteiger partial charge in [-0.15, -0.1) is 0 Å².